The summed E-state index contributed by atoms with van der Waals surface area (Å²) in [4.78, 5) is 20.7. The van der Waals surface area contributed by atoms with E-state index in [0.717, 1.165) is 30.8 Å². The van der Waals surface area contributed by atoms with Gasteiger partial charge in [-0.05, 0) is 61.6 Å². The largest absolute Gasteiger partial charge is 0.379 e. The highest BCUT2D eigenvalue weighted by Gasteiger charge is 2.28. The Hall–Kier alpha value is -2.64. The summed E-state index contributed by atoms with van der Waals surface area (Å²) in [5.41, 5.74) is 0.588. The van der Waals surface area contributed by atoms with E-state index < -0.39 is 10.0 Å². The predicted octanol–water partition coefficient (Wildman–Crippen LogP) is 2.67. The first-order chi connectivity index (χ1) is 17.0. The van der Waals surface area contributed by atoms with E-state index in [1.165, 1.54) is 16.4 Å². The number of morpholine rings is 1. The van der Waals surface area contributed by atoms with E-state index in [2.05, 4.69) is 20.4 Å². The van der Waals surface area contributed by atoms with Crippen LogP contribution in [0.25, 0.3) is 10.7 Å². The van der Waals surface area contributed by atoms with Crippen LogP contribution >= 0.6 is 11.3 Å². The van der Waals surface area contributed by atoms with Crippen molar-refractivity contribution in [3.05, 3.63) is 47.7 Å². The molecule has 0 atom stereocenters. The molecule has 2 saturated heterocycles. The third-order valence-electron chi connectivity index (χ3n) is 6.26. The van der Waals surface area contributed by atoms with Crippen molar-refractivity contribution in [3.8, 4) is 10.7 Å². The summed E-state index contributed by atoms with van der Waals surface area (Å²) in [6.45, 7) is 3.57. The van der Waals surface area contributed by atoms with Crippen LogP contribution in [-0.4, -0.2) is 73.1 Å². The van der Waals surface area contributed by atoms with E-state index in [9.17, 15) is 13.2 Å². The van der Waals surface area contributed by atoms with Crippen molar-refractivity contribution >= 4 is 33.0 Å². The molecule has 10 nitrogen and oxygen atoms in total. The fourth-order valence-electron chi connectivity index (χ4n) is 4.26. The van der Waals surface area contributed by atoms with Gasteiger partial charge in [0, 0.05) is 24.7 Å². The fraction of sp³-hybridized carbons (Fsp3) is 0.435. The molecule has 1 N–H and O–H groups in total. The lowest BCUT2D eigenvalue weighted by Gasteiger charge is -2.30. The molecule has 1 aromatic carbocycles. The Labute approximate surface area is 207 Å². The van der Waals surface area contributed by atoms with Crippen LogP contribution in [0.3, 0.4) is 0 Å². The van der Waals surface area contributed by atoms with Crippen molar-refractivity contribution in [1.82, 2.24) is 19.3 Å². The summed E-state index contributed by atoms with van der Waals surface area (Å²) < 4.78 is 37.6. The van der Waals surface area contributed by atoms with Crippen LogP contribution in [0.1, 0.15) is 18.7 Å². The highest BCUT2D eigenvalue weighted by Crippen LogP contribution is 2.24. The zero-order chi connectivity index (χ0) is 24.3. The number of benzene rings is 1. The van der Waals surface area contributed by atoms with Crippen molar-refractivity contribution in [2.45, 2.75) is 24.3 Å². The molecule has 186 valence electrons. The van der Waals surface area contributed by atoms with Crippen LogP contribution in [-0.2, 0) is 26.1 Å². The number of anilines is 1. The molecule has 2 aliphatic rings. The maximum Gasteiger partial charge on any atom is 0.243 e. The molecule has 0 spiro atoms. The average Bonchev–Trinajstić information content (AvgIpc) is 3.58. The van der Waals surface area contributed by atoms with Gasteiger partial charge in [-0.15, -0.1) is 11.3 Å². The number of sulfonamides is 1. The minimum absolute atomic E-state index is 0.0498. The van der Waals surface area contributed by atoms with Gasteiger partial charge >= 0.3 is 0 Å². The first-order valence-electron chi connectivity index (χ1n) is 11.6. The van der Waals surface area contributed by atoms with Crippen molar-refractivity contribution in [1.29, 1.82) is 0 Å². The SMILES string of the molecule is O=C(Nc1ccc(S(=O)(=O)N2CCOCC2)cc1)C1CCN(Cc2nc(-c3cccs3)no2)CC1. The van der Waals surface area contributed by atoms with E-state index >= 15 is 0 Å². The van der Waals surface area contributed by atoms with Gasteiger partial charge < -0.3 is 14.6 Å². The number of carbonyl (C=O) groups excluding carboxylic acids is 1. The van der Waals surface area contributed by atoms with Gasteiger partial charge in [0.2, 0.25) is 27.6 Å². The van der Waals surface area contributed by atoms with Crippen molar-refractivity contribution < 1.29 is 22.5 Å². The lowest BCUT2D eigenvalue weighted by molar-refractivity contribution is -0.121. The van der Waals surface area contributed by atoms with E-state index in [0.29, 0.717) is 50.3 Å². The highest BCUT2D eigenvalue weighted by atomic mass is 32.2. The molecule has 3 aromatic rings. The molecule has 2 aromatic heterocycles. The zero-order valence-electron chi connectivity index (χ0n) is 19.1. The van der Waals surface area contributed by atoms with E-state index in [1.807, 2.05) is 17.5 Å². The van der Waals surface area contributed by atoms with E-state index in [1.54, 1.807) is 23.5 Å². The Bertz CT molecular complexity index is 1230. The lowest BCUT2D eigenvalue weighted by Crippen LogP contribution is -2.40. The lowest BCUT2D eigenvalue weighted by atomic mass is 9.96. The van der Waals surface area contributed by atoms with Gasteiger partial charge in [0.05, 0.1) is 29.5 Å². The van der Waals surface area contributed by atoms with Crippen LogP contribution in [0.4, 0.5) is 5.69 Å². The molecule has 0 radical (unpaired) electrons. The molecule has 0 bridgehead atoms. The van der Waals surface area contributed by atoms with Gasteiger partial charge in [-0.2, -0.15) is 9.29 Å². The summed E-state index contributed by atoms with van der Waals surface area (Å²) in [7, 11) is -3.55. The van der Waals surface area contributed by atoms with Gasteiger partial charge in [0.1, 0.15) is 0 Å². The van der Waals surface area contributed by atoms with Gasteiger partial charge in [0.25, 0.3) is 0 Å². The van der Waals surface area contributed by atoms with Crippen LogP contribution in [0.15, 0.2) is 51.2 Å². The topological polar surface area (TPSA) is 118 Å². The van der Waals surface area contributed by atoms with Gasteiger partial charge in [-0.25, -0.2) is 8.42 Å². The number of carbonyl (C=O) groups is 1. The highest BCUT2D eigenvalue weighted by molar-refractivity contribution is 7.89. The summed E-state index contributed by atoms with van der Waals surface area (Å²) in [5.74, 6) is 1.02. The number of nitrogens with one attached hydrogen (secondary N) is 1. The zero-order valence-corrected chi connectivity index (χ0v) is 20.8. The Balaban J connectivity index is 1.11. The number of rotatable bonds is 7. The number of piperidine rings is 1. The molecule has 0 saturated carbocycles. The minimum atomic E-state index is -3.55. The molecule has 2 aliphatic heterocycles. The number of hydrogen-bond donors (Lipinski definition) is 1. The van der Waals surface area contributed by atoms with Gasteiger partial charge in [0.15, 0.2) is 0 Å². The number of likely N-dealkylation sites (tertiary alicyclic amines) is 1. The quantitative estimate of drug-likeness (QED) is 0.508. The van der Waals surface area contributed by atoms with Crippen LogP contribution in [0.2, 0.25) is 0 Å². The molecular weight excluding hydrogens is 490 g/mol. The molecule has 0 aliphatic carbocycles. The average molecular weight is 518 g/mol. The molecule has 5 rings (SSSR count). The summed E-state index contributed by atoms with van der Waals surface area (Å²) in [6, 6.07) is 10.3. The third-order valence-corrected chi connectivity index (χ3v) is 9.04. The molecule has 4 heterocycles. The van der Waals surface area contributed by atoms with Crippen LogP contribution in [0.5, 0.6) is 0 Å². The number of amides is 1. The van der Waals surface area contributed by atoms with E-state index in [-0.39, 0.29) is 16.7 Å². The van der Waals surface area contributed by atoms with Crippen LogP contribution in [0, 0.1) is 5.92 Å². The normalized spacial score (nSPS) is 18.5. The van der Waals surface area contributed by atoms with Crippen LogP contribution < -0.4 is 5.32 Å². The monoisotopic (exact) mass is 517 g/mol. The maximum atomic E-state index is 12.8. The van der Waals surface area contributed by atoms with Gasteiger partial charge in [-0.1, -0.05) is 11.2 Å². The van der Waals surface area contributed by atoms with Crippen molar-refractivity contribution in [3.63, 3.8) is 0 Å². The second-order valence-electron chi connectivity index (χ2n) is 8.57. The summed E-state index contributed by atoms with van der Waals surface area (Å²) in [5, 5.41) is 8.95. The van der Waals surface area contributed by atoms with Gasteiger partial charge in [-0.3, -0.25) is 9.69 Å². The number of thiophene rings is 1. The van der Waals surface area contributed by atoms with Crippen molar-refractivity contribution in [2.75, 3.05) is 44.7 Å². The maximum absolute atomic E-state index is 12.8. The second kappa shape index (κ2) is 10.5. The number of nitrogens with zero attached hydrogens (tertiary/aromatic N) is 4. The number of aromatic nitrogens is 2. The second-order valence-corrected chi connectivity index (χ2v) is 11.5. The predicted molar refractivity (Wildman–Crippen MR) is 130 cm³/mol. The molecule has 12 heteroatoms. The Morgan fingerprint density at radius 1 is 1.09 bits per heavy atom. The Morgan fingerprint density at radius 2 is 1.83 bits per heavy atom. The van der Waals surface area contributed by atoms with Crippen molar-refractivity contribution in [2.24, 2.45) is 5.92 Å². The molecule has 2 fully saturated rings. The molecule has 1 amide bonds. The molecule has 0 unspecified atom stereocenters. The molecular formula is C23H27N5O5S2. The Morgan fingerprint density at radius 3 is 2.51 bits per heavy atom. The molecule has 35 heavy (non-hydrogen) atoms. The fourth-order valence-corrected chi connectivity index (χ4v) is 6.32. The summed E-state index contributed by atoms with van der Waals surface area (Å²) in [6.07, 6.45) is 1.45. The number of hydrogen-bond acceptors (Lipinski definition) is 9. The smallest absolute Gasteiger partial charge is 0.243 e. The van der Waals surface area contributed by atoms with E-state index in [4.69, 9.17) is 9.26 Å². The Kier molecular flexibility index (Phi) is 7.25. The summed E-state index contributed by atoms with van der Waals surface area (Å²) >= 11 is 1.57. The first kappa shape index (κ1) is 24.1. The standard InChI is InChI=1S/C23H27N5O5S2/c29-23(24-18-3-5-19(6-4-18)35(30,31)28-11-13-32-14-12-28)17-7-9-27(10-8-17)16-21-25-22(26-33-21)20-2-1-15-34-20/h1-6,15,17H,7-14,16H2,(H,24,29). The first-order valence-corrected chi connectivity index (χ1v) is 13.9. The number of ether oxygens (including phenoxy) is 1. The third kappa shape index (κ3) is 5.62. The minimum Gasteiger partial charge on any atom is -0.379 e.